The third-order valence-electron chi connectivity index (χ3n) is 4.48. The molecule has 6 heteroatoms. The monoisotopic (exact) mass is 320 g/mol. The Balaban J connectivity index is 1.43. The molecule has 0 radical (unpaired) electrons. The van der Waals surface area contributed by atoms with Crippen LogP contribution in [0.15, 0.2) is 10.7 Å². The maximum absolute atomic E-state index is 12.0. The van der Waals surface area contributed by atoms with Crippen LogP contribution in [0.4, 0.5) is 0 Å². The molecule has 128 valence electrons. The van der Waals surface area contributed by atoms with Gasteiger partial charge in [-0.05, 0) is 24.7 Å². The molecule has 1 N–H and O–H groups in total. The number of nitrogens with zero attached hydrogens (tertiary/aromatic N) is 3. The smallest absolute Gasteiger partial charge is 0.273 e. The molecule has 6 nitrogen and oxygen atoms in total. The third-order valence-corrected chi connectivity index (χ3v) is 4.48. The first-order valence-corrected chi connectivity index (χ1v) is 8.77. The second kappa shape index (κ2) is 7.45. The van der Waals surface area contributed by atoms with Gasteiger partial charge in [-0.25, -0.2) is 4.98 Å². The maximum Gasteiger partial charge on any atom is 0.273 e. The van der Waals surface area contributed by atoms with Gasteiger partial charge in [-0.15, -0.1) is 0 Å². The van der Waals surface area contributed by atoms with E-state index in [1.807, 2.05) is 0 Å². The molecular formula is C17H28N4O2. The normalized spacial score (nSPS) is 20.1. The minimum absolute atomic E-state index is 0.117. The molecule has 2 aliphatic rings. The third kappa shape index (κ3) is 5.04. The molecule has 0 bridgehead atoms. The van der Waals surface area contributed by atoms with E-state index in [0.717, 1.165) is 39.3 Å². The lowest BCUT2D eigenvalue weighted by Crippen LogP contribution is -2.46. The predicted molar refractivity (Wildman–Crippen MR) is 88.1 cm³/mol. The van der Waals surface area contributed by atoms with Crippen LogP contribution in [0, 0.1) is 11.8 Å². The molecule has 3 rings (SSSR count). The van der Waals surface area contributed by atoms with Crippen molar-refractivity contribution in [3.8, 4) is 0 Å². The second-order valence-corrected chi connectivity index (χ2v) is 7.25. The zero-order valence-electron chi connectivity index (χ0n) is 14.3. The van der Waals surface area contributed by atoms with E-state index in [1.54, 1.807) is 0 Å². The summed E-state index contributed by atoms with van der Waals surface area (Å²) in [7, 11) is 0. The van der Waals surface area contributed by atoms with Gasteiger partial charge >= 0.3 is 0 Å². The summed E-state index contributed by atoms with van der Waals surface area (Å²) in [4.78, 5) is 21.2. The number of carbonyl (C=O) groups excluding carboxylic acids is 1. The first kappa shape index (κ1) is 16.5. The molecule has 1 aliphatic carbocycles. The summed E-state index contributed by atoms with van der Waals surface area (Å²) < 4.78 is 5.48. The molecule has 1 amide bonds. The molecule has 1 saturated heterocycles. The highest BCUT2D eigenvalue weighted by molar-refractivity contribution is 5.91. The lowest BCUT2D eigenvalue weighted by atomic mass is 10.2. The van der Waals surface area contributed by atoms with Crippen LogP contribution < -0.4 is 5.32 Å². The van der Waals surface area contributed by atoms with E-state index in [2.05, 4.69) is 33.9 Å². The van der Waals surface area contributed by atoms with Crippen molar-refractivity contribution in [3.63, 3.8) is 0 Å². The van der Waals surface area contributed by atoms with Crippen molar-refractivity contribution in [2.24, 2.45) is 11.8 Å². The molecule has 2 heterocycles. The van der Waals surface area contributed by atoms with Crippen LogP contribution in [0.1, 0.15) is 43.1 Å². The van der Waals surface area contributed by atoms with Crippen molar-refractivity contribution < 1.29 is 9.21 Å². The van der Waals surface area contributed by atoms with Crippen LogP contribution in [0.3, 0.4) is 0 Å². The van der Waals surface area contributed by atoms with Crippen molar-refractivity contribution in [3.05, 3.63) is 17.8 Å². The fourth-order valence-corrected chi connectivity index (χ4v) is 2.98. The Morgan fingerprint density at radius 1 is 1.30 bits per heavy atom. The largest absolute Gasteiger partial charge is 0.447 e. The van der Waals surface area contributed by atoms with Gasteiger partial charge in [0.15, 0.2) is 5.69 Å². The Morgan fingerprint density at radius 3 is 2.65 bits per heavy atom. The van der Waals surface area contributed by atoms with Gasteiger partial charge in [0, 0.05) is 39.3 Å². The Hall–Kier alpha value is -1.40. The van der Waals surface area contributed by atoms with Gasteiger partial charge in [-0.1, -0.05) is 13.8 Å². The summed E-state index contributed by atoms with van der Waals surface area (Å²) in [5.41, 5.74) is 0.402. The highest BCUT2D eigenvalue weighted by Crippen LogP contribution is 2.27. The van der Waals surface area contributed by atoms with Crippen molar-refractivity contribution in [1.29, 1.82) is 0 Å². The van der Waals surface area contributed by atoms with Crippen LogP contribution in [0.5, 0.6) is 0 Å². The summed E-state index contributed by atoms with van der Waals surface area (Å²) >= 11 is 0. The molecule has 0 spiro atoms. The van der Waals surface area contributed by atoms with Gasteiger partial charge in [0.2, 0.25) is 5.89 Å². The van der Waals surface area contributed by atoms with E-state index in [0.29, 0.717) is 30.0 Å². The highest BCUT2D eigenvalue weighted by Gasteiger charge is 2.23. The number of hydrogen-bond donors (Lipinski definition) is 1. The number of hydrogen-bond acceptors (Lipinski definition) is 5. The molecule has 1 aromatic rings. The van der Waals surface area contributed by atoms with E-state index in [-0.39, 0.29) is 5.91 Å². The Labute approximate surface area is 138 Å². The quantitative estimate of drug-likeness (QED) is 0.826. The van der Waals surface area contributed by atoms with Crippen LogP contribution in [-0.4, -0.2) is 60.0 Å². The summed E-state index contributed by atoms with van der Waals surface area (Å²) in [6, 6.07) is 0. The molecule has 1 aliphatic heterocycles. The lowest BCUT2D eigenvalue weighted by molar-refractivity contribution is 0.0946. The minimum Gasteiger partial charge on any atom is -0.447 e. The Kier molecular flexibility index (Phi) is 5.33. The van der Waals surface area contributed by atoms with Crippen LogP contribution >= 0.6 is 0 Å². The summed E-state index contributed by atoms with van der Waals surface area (Å²) in [6.45, 7) is 11.4. The highest BCUT2D eigenvalue weighted by atomic mass is 16.3. The van der Waals surface area contributed by atoms with Crippen LogP contribution in [-0.2, 0) is 6.54 Å². The SMILES string of the molecule is CC(C)CN1CCN(Cc2nc(C(=O)NCC3CC3)co2)CC1. The molecule has 1 saturated carbocycles. The zero-order chi connectivity index (χ0) is 16.2. The lowest BCUT2D eigenvalue weighted by Gasteiger charge is -2.34. The molecular weight excluding hydrogens is 292 g/mol. The average Bonchev–Trinajstić information content (AvgIpc) is 3.24. The number of rotatable bonds is 7. The van der Waals surface area contributed by atoms with Crippen LogP contribution in [0.2, 0.25) is 0 Å². The summed E-state index contributed by atoms with van der Waals surface area (Å²) in [6.07, 6.45) is 3.94. The topological polar surface area (TPSA) is 61.6 Å². The Bertz CT molecular complexity index is 516. The number of nitrogens with one attached hydrogen (secondary N) is 1. The van der Waals surface area contributed by atoms with E-state index in [9.17, 15) is 4.79 Å². The number of amides is 1. The van der Waals surface area contributed by atoms with Crippen molar-refractivity contribution in [2.45, 2.75) is 33.2 Å². The van der Waals surface area contributed by atoms with E-state index < -0.39 is 0 Å². The standard InChI is InChI=1S/C17H28N4O2/c1-13(2)10-20-5-7-21(8-6-20)11-16-19-15(12-23-16)17(22)18-9-14-3-4-14/h12-14H,3-11H2,1-2H3,(H,18,22). The molecule has 0 atom stereocenters. The molecule has 0 aromatic carbocycles. The molecule has 1 aromatic heterocycles. The fraction of sp³-hybridized carbons (Fsp3) is 0.765. The first-order chi connectivity index (χ1) is 11.1. The Morgan fingerprint density at radius 2 is 2.00 bits per heavy atom. The van der Waals surface area contributed by atoms with Gasteiger partial charge in [0.1, 0.15) is 6.26 Å². The van der Waals surface area contributed by atoms with Crippen LogP contribution in [0.25, 0.3) is 0 Å². The summed E-state index contributed by atoms with van der Waals surface area (Å²) in [5, 5.41) is 2.92. The van der Waals surface area contributed by atoms with Crippen molar-refractivity contribution >= 4 is 5.91 Å². The number of piperazine rings is 1. The van der Waals surface area contributed by atoms with Gasteiger partial charge in [0.25, 0.3) is 5.91 Å². The van der Waals surface area contributed by atoms with Gasteiger partial charge < -0.3 is 14.6 Å². The predicted octanol–water partition coefficient (Wildman–Crippen LogP) is 1.59. The number of aromatic nitrogens is 1. The molecule has 0 unspecified atom stereocenters. The minimum atomic E-state index is -0.117. The van der Waals surface area contributed by atoms with E-state index in [1.165, 1.54) is 19.1 Å². The average molecular weight is 320 g/mol. The molecule has 2 fully saturated rings. The summed E-state index contributed by atoms with van der Waals surface area (Å²) in [5.74, 6) is 1.91. The fourth-order valence-electron chi connectivity index (χ4n) is 2.98. The van der Waals surface area contributed by atoms with Gasteiger partial charge in [-0.3, -0.25) is 9.69 Å². The van der Waals surface area contributed by atoms with E-state index >= 15 is 0 Å². The second-order valence-electron chi connectivity index (χ2n) is 7.25. The first-order valence-electron chi connectivity index (χ1n) is 8.77. The zero-order valence-corrected chi connectivity index (χ0v) is 14.3. The maximum atomic E-state index is 12.0. The number of oxazole rings is 1. The van der Waals surface area contributed by atoms with Gasteiger partial charge in [-0.2, -0.15) is 0 Å². The van der Waals surface area contributed by atoms with E-state index in [4.69, 9.17) is 4.42 Å². The van der Waals surface area contributed by atoms with Crippen molar-refractivity contribution in [1.82, 2.24) is 20.1 Å². The number of carbonyl (C=O) groups is 1. The van der Waals surface area contributed by atoms with Gasteiger partial charge in [0.05, 0.1) is 6.54 Å². The molecule has 23 heavy (non-hydrogen) atoms. The van der Waals surface area contributed by atoms with Crippen molar-refractivity contribution in [2.75, 3.05) is 39.3 Å².